The number of carbonyl (C=O) groups excluding carboxylic acids is 1. The Hall–Kier alpha value is -2.66. The first kappa shape index (κ1) is 26.0. The molecule has 186 valence electrons. The van der Waals surface area contributed by atoms with Gasteiger partial charge < -0.3 is 14.5 Å². The highest BCUT2D eigenvalue weighted by Crippen LogP contribution is 2.40. The van der Waals surface area contributed by atoms with E-state index < -0.39 is 18.0 Å². The first-order chi connectivity index (χ1) is 15.8. The zero-order valence-corrected chi connectivity index (χ0v) is 19.3. The molecule has 0 aliphatic carbocycles. The Kier molecular flexibility index (Phi) is 7.56. The number of rotatable bonds is 3. The van der Waals surface area contributed by atoms with Gasteiger partial charge in [-0.15, -0.1) is 0 Å². The third kappa shape index (κ3) is 5.52. The number of piperidine rings is 1. The molecule has 4 rings (SSSR count). The number of aryl methyl sites for hydroxylation is 2. The molecule has 2 saturated heterocycles. The van der Waals surface area contributed by atoms with E-state index in [2.05, 4.69) is 10.1 Å². The molecule has 3 heterocycles. The fourth-order valence-electron chi connectivity index (χ4n) is 4.33. The zero-order valence-electron chi connectivity index (χ0n) is 18.6. The smallest absolute Gasteiger partial charge is 0.475 e. The summed E-state index contributed by atoms with van der Waals surface area (Å²) in [6.45, 7) is 6.90. The van der Waals surface area contributed by atoms with Crippen LogP contribution in [0.1, 0.15) is 46.6 Å². The number of aliphatic carboxylic acids is 1. The first-order valence-electron chi connectivity index (χ1n) is 10.6. The average molecular weight is 506 g/mol. The summed E-state index contributed by atoms with van der Waals surface area (Å²) in [7, 11) is 0. The standard InChI is InChI=1S/C20H23ClFN3O2.C2HF3O2/c1-13-17(14(2)27-23-13)11-25-9-7-20(25)6-3-8-24(12-20)19(26)16-10-15(21)4-5-18(16)22;3-2(4,5)1(6)7/h4-5,10H,3,6-9,11-12H2,1-2H3;(H,6,7). The number of aromatic nitrogens is 1. The largest absolute Gasteiger partial charge is 0.490 e. The van der Waals surface area contributed by atoms with Crippen LogP contribution >= 0.6 is 11.6 Å². The molecule has 0 saturated carbocycles. The maximum Gasteiger partial charge on any atom is 0.490 e. The summed E-state index contributed by atoms with van der Waals surface area (Å²) in [5.74, 6) is -2.71. The summed E-state index contributed by atoms with van der Waals surface area (Å²) in [6, 6.07) is 4.13. The van der Waals surface area contributed by atoms with Crippen molar-refractivity contribution in [3.63, 3.8) is 0 Å². The van der Waals surface area contributed by atoms with Gasteiger partial charge in [-0.3, -0.25) is 9.69 Å². The molecule has 1 aromatic carbocycles. The molecule has 34 heavy (non-hydrogen) atoms. The van der Waals surface area contributed by atoms with Crippen molar-refractivity contribution in [1.29, 1.82) is 0 Å². The van der Waals surface area contributed by atoms with Crippen LogP contribution in [0.25, 0.3) is 0 Å². The number of hydrogen-bond acceptors (Lipinski definition) is 5. The van der Waals surface area contributed by atoms with Gasteiger partial charge in [0.15, 0.2) is 0 Å². The van der Waals surface area contributed by atoms with E-state index in [-0.39, 0.29) is 17.0 Å². The maximum absolute atomic E-state index is 14.1. The summed E-state index contributed by atoms with van der Waals surface area (Å²) < 4.78 is 51.2. The fraction of sp³-hybridized carbons (Fsp3) is 0.500. The van der Waals surface area contributed by atoms with Crippen LogP contribution in [-0.4, -0.2) is 63.3 Å². The van der Waals surface area contributed by atoms with Crippen LogP contribution in [0.3, 0.4) is 0 Å². The van der Waals surface area contributed by atoms with Crippen molar-refractivity contribution in [2.24, 2.45) is 0 Å². The number of hydrogen-bond donors (Lipinski definition) is 1. The van der Waals surface area contributed by atoms with E-state index in [1.54, 1.807) is 4.90 Å². The quantitative estimate of drug-likeness (QED) is 0.614. The Bertz CT molecular complexity index is 1060. The third-order valence-electron chi connectivity index (χ3n) is 6.29. The highest BCUT2D eigenvalue weighted by Gasteiger charge is 2.48. The molecule has 1 amide bonds. The Balaban J connectivity index is 0.000000406. The number of likely N-dealkylation sites (tertiary alicyclic amines) is 2. The molecule has 2 aliphatic heterocycles. The van der Waals surface area contributed by atoms with Crippen LogP contribution in [-0.2, 0) is 11.3 Å². The second kappa shape index (κ2) is 9.91. The molecule has 12 heteroatoms. The number of amides is 1. The van der Waals surface area contributed by atoms with Crippen molar-refractivity contribution in [1.82, 2.24) is 15.0 Å². The van der Waals surface area contributed by atoms with Crippen LogP contribution in [0.2, 0.25) is 5.02 Å². The number of carboxylic acid groups (broad SMARTS) is 1. The number of halogens is 5. The molecule has 1 N–H and O–H groups in total. The summed E-state index contributed by atoms with van der Waals surface area (Å²) in [6.07, 6.45) is -2.09. The number of alkyl halides is 3. The minimum absolute atomic E-state index is 0.0425. The molecule has 1 spiro atoms. The molecule has 1 unspecified atom stereocenters. The Labute approximate surface area is 198 Å². The van der Waals surface area contributed by atoms with Crippen molar-refractivity contribution < 1.29 is 36.8 Å². The lowest BCUT2D eigenvalue weighted by Crippen LogP contribution is -2.67. The van der Waals surface area contributed by atoms with Gasteiger partial charge >= 0.3 is 12.1 Å². The van der Waals surface area contributed by atoms with Crippen LogP contribution in [0, 0.1) is 19.7 Å². The molecule has 2 fully saturated rings. The van der Waals surface area contributed by atoms with E-state index in [0.29, 0.717) is 18.1 Å². The maximum atomic E-state index is 14.1. The van der Waals surface area contributed by atoms with Gasteiger partial charge in [-0.25, -0.2) is 9.18 Å². The van der Waals surface area contributed by atoms with Crippen LogP contribution in [0.5, 0.6) is 0 Å². The summed E-state index contributed by atoms with van der Waals surface area (Å²) in [5, 5.41) is 11.5. The second-order valence-corrected chi connectivity index (χ2v) is 8.89. The lowest BCUT2D eigenvalue weighted by atomic mass is 9.77. The molecule has 1 atom stereocenters. The van der Waals surface area contributed by atoms with Gasteiger partial charge in [-0.2, -0.15) is 13.2 Å². The van der Waals surface area contributed by atoms with Crippen molar-refractivity contribution in [2.75, 3.05) is 19.6 Å². The highest BCUT2D eigenvalue weighted by molar-refractivity contribution is 6.31. The number of nitrogens with zero attached hydrogens (tertiary/aromatic N) is 3. The summed E-state index contributed by atoms with van der Waals surface area (Å²) in [5.41, 5.74) is 2.05. The van der Waals surface area contributed by atoms with E-state index in [1.165, 1.54) is 18.2 Å². The van der Waals surface area contributed by atoms with E-state index >= 15 is 0 Å². The van der Waals surface area contributed by atoms with Crippen molar-refractivity contribution in [3.05, 3.63) is 51.6 Å². The van der Waals surface area contributed by atoms with Gasteiger partial charge in [-0.1, -0.05) is 16.8 Å². The fourth-order valence-corrected chi connectivity index (χ4v) is 4.50. The molecule has 0 radical (unpaired) electrons. The van der Waals surface area contributed by atoms with Crippen LogP contribution in [0.4, 0.5) is 17.6 Å². The predicted molar refractivity (Wildman–Crippen MR) is 114 cm³/mol. The Morgan fingerprint density at radius 2 is 1.91 bits per heavy atom. The Morgan fingerprint density at radius 1 is 1.24 bits per heavy atom. The predicted octanol–water partition coefficient (Wildman–Crippen LogP) is 4.60. The van der Waals surface area contributed by atoms with E-state index in [9.17, 15) is 22.4 Å². The van der Waals surface area contributed by atoms with Crippen molar-refractivity contribution >= 4 is 23.5 Å². The minimum atomic E-state index is -5.08. The lowest BCUT2D eigenvalue weighted by molar-refractivity contribution is -0.192. The average Bonchev–Trinajstić information content (AvgIpc) is 3.09. The van der Waals surface area contributed by atoms with Gasteiger partial charge in [0.1, 0.15) is 11.6 Å². The van der Waals surface area contributed by atoms with Gasteiger partial charge in [0.2, 0.25) is 0 Å². The SMILES string of the molecule is Cc1noc(C)c1CN1CCC12CCCN(C(=O)c1cc(Cl)ccc1F)C2.O=C(O)C(F)(F)F. The Morgan fingerprint density at radius 3 is 2.44 bits per heavy atom. The first-order valence-corrected chi connectivity index (χ1v) is 10.9. The third-order valence-corrected chi connectivity index (χ3v) is 6.53. The zero-order chi connectivity index (χ0) is 25.3. The van der Waals surface area contributed by atoms with E-state index in [4.69, 9.17) is 26.0 Å². The minimum Gasteiger partial charge on any atom is -0.475 e. The molecular formula is C22H24ClF4N3O4. The monoisotopic (exact) mass is 505 g/mol. The molecule has 0 bridgehead atoms. The van der Waals surface area contributed by atoms with E-state index in [0.717, 1.165) is 49.4 Å². The molecule has 2 aromatic rings. The molecular weight excluding hydrogens is 482 g/mol. The lowest BCUT2D eigenvalue weighted by Gasteiger charge is -2.57. The molecule has 1 aromatic heterocycles. The van der Waals surface area contributed by atoms with Crippen LogP contribution in [0.15, 0.2) is 22.7 Å². The number of carboxylic acids is 1. The van der Waals surface area contributed by atoms with Crippen LogP contribution < -0.4 is 0 Å². The molecule has 2 aliphatic rings. The highest BCUT2D eigenvalue weighted by atomic mass is 35.5. The summed E-state index contributed by atoms with van der Waals surface area (Å²) >= 11 is 5.97. The summed E-state index contributed by atoms with van der Waals surface area (Å²) in [4.78, 5) is 26.0. The van der Waals surface area contributed by atoms with Gasteiger partial charge in [0.05, 0.1) is 11.3 Å². The van der Waals surface area contributed by atoms with Crippen molar-refractivity contribution in [2.45, 2.75) is 51.4 Å². The number of benzene rings is 1. The second-order valence-electron chi connectivity index (χ2n) is 8.46. The molecule has 7 nitrogen and oxygen atoms in total. The normalized spacial score (nSPS) is 20.5. The van der Waals surface area contributed by atoms with E-state index in [1.807, 2.05) is 13.8 Å². The topological polar surface area (TPSA) is 86.9 Å². The van der Waals surface area contributed by atoms with Gasteiger partial charge in [0, 0.05) is 42.3 Å². The van der Waals surface area contributed by atoms with Gasteiger partial charge in [0.25, 0.3) is 5.91 Å². The number of carbonyl (C=O) groups is 2. The van der Waals surface area contributed by atoms with Crippen molar-refractivity contribution in [3.8, 4) is 0 Å². The van der Waals surface area contributed by atoms with Gasteiger partial charge in [-0.05, 0) is 51.3 Å².